The van der Waals surface area contributed by atoms with Crippen molar-refractivity contribution >= 4 is 23.6 Å². The zero-order chi connectivity index (χ0) is 21.5. The average Bonchev–Trinajstić information content (AvgIpc) is 2.53. The minimum atomic E-state index is -6.64. The molecule has 0 aliphatic carbocycles. The Morgan fingerprint density at radius 3 is 2.04 bits per heavy atom. The third-order valence-electron chi connectivity index (χ3n) is 3.41. The van der Waals surface area contributed by atoms with Crippen molar-refractivity contribution in [1.29, 1.82) is 0 Å². The molecule has 1 N–H and O–H groups in total. The monoisotopic (exact) mass is 429 g/mol. The number of hydrogen-bond acceptors (Lipinski definition) is 4. The van der Waals surface area contributed by atoms with Crippen LogP contribution in [-0.4, -0.2) is 54.6 Å². The van der Waals surface area contributed by atoms with Crippen LogP contribution in [0.2, 0.25) is 0 Å². The fraction of sp³-hybridized carbons (Fsp3) is 0.867. The Bertz CT molecular complexity index is 498. The molecule has 1 amide bonds. The SMILES string of the molecule is CSCCC(NC(=O)C(F)(F)C(F)(F)C(F)(F)F)C(=O)OCCCC(C)C. The molecule has 0 saturated carbocycles. The lowest BCUT2D eigenvalue weighted by atomic mass is 10.1. The number of ether oxygens (including phenoxy) is 1. The first-order valence-electron chi connectivity index (χ1n) is 7.97. The van der Waals surface area contributed by atoms with Crippen LogP contribution in [0.25, 0.3) is 0 Å². The van der Waals surface area contributed by atoms with E-state index in [-0.39, 0.29) is 18.8 Å². The van der Waals surface area contributed by atoms with Gasteiger partial charge in [-0.3, -0.25) is 4.79 Å². The van der Waals surface area contributed by atoms with Crippen LogP contribution in [0.15, 0.2) is 0 Å². The van der Waals surface area contributed by atoms with Gasteiger partial charge in [-0.25, -0.2) is 4.79 Å². The molecule has 0 aliphatic heterocycles. The van der Waals surface area contributed by atoms with Crippen LogP contribution in [0.5, 0.6) is 0 Å². The van der Waals surface area contributed by atoms with E-state index in [0.717, 1.165) is 11.8 Å². The summed E-state index contributed by atoms with van der Waals surface area (Å²) in [6.45, 7) is 3.72. The van der Waals surface area contributed by atoms with Gasteiger partial charge in [0.1, 0.15) is 6.04 Å². The van der Waals surface area contributed by atoms with Crippen LogP contribution in [-0.2, 0) is 14.3 Å². The van der Waals surface area contributed by atoms with Gasteiger partial charge in [-0.2, -0.15) is 42.5 Å². The Labute approximate surface area is 156 Å². The van der Waals surface area contributed by atoms with Crippen molar-refractivity contribution < 1.29 is 45.1 Å². The topological polar surface area (TPSA) is 55.4 Å². The third kappa shape index (κ3) is 7.38. The summed E-state index contributed by atoms with van der Waals surface area (Å²) < 4.78 is 93.9. The molecule has 1 unspecified atom stereocenters. The summed E-state index contributed by atoms with van der Waals surface area (Å²) >= 11 is 1.15. The van der Waals surface area contributed by atoms with Crippen LogP contribution in [0, 0.1) is 5.92 Å². The van der Waals surface area contributed by atoms with Gasteiger partial charge >= 0.3 is 24.0 Å². The Hall–Kier alpha value is -1.20. The lowest BCUT2D eigenvalue weighted by Crippen LogP contribution is -2.61. The molecule has 0 rings (SSSR count). The van der Waals surface area contributed by atoms with E-state index in [9.17, 15) is 40.3 Å². The van der Waals surface area contributed by atoms with Gasteiger partial charge < -0.3 is 10.1 Å². The number of carbonyl (C=O) groups excluding carboxylic acids is 2. The zero-order valence-corrected chi connectivity index (χ0v) is 15.8. The highest BCUT2D eigenvalue weighted by molar-refractivity contribution is 7.98. The molecule has 0 aromatic rings. The van der Waals surface area contributed by atoms with Gasteiger partial charge in [0.15, 0.2) is 0 Å². The van der Waals surface area contributed by atoms with E-state index in [2.05, 4.69) is 0 Å². The quantitative estimate of drug-likeness (QED) is 0.306. The second-order valence-electron chi connectivity index (χ2n) is 6.16. The molecule has 0 spiro atoms. The molecule has 0 aromatic carbocycles. The molecule has 0 fully saturated rings. The number of nitrogens with one attached hydrogen (secondary N) is 1. The second kappa shape index (κ2) is 10.4. The maximum Gasteiger partial charge on any atom is 0.460 e. The maximum atomic E-state index is 13.4. The molecule has 0 radical (unpaired) electrons. The average molecular weight is 429 g/mol. The Balaban J connectivity index is 5.11. The van der Waals surface area contributed by atoms with E-state index in [1.165, 1.54) is 5.32 Å². The van der Waals surface area contributed by atoms with Crippen LogP contribution in [0.4, 0.5) is 30.7 Å². The molecule has 0 aliphatic rings. The molecule has 160 valence electrons. The van der Waals surface area contributed by atoms with Gasteiger partial charge in [0.25, 0.3) is 5.91 Å². The highest BCUT2D eigenvalue weighted by atomic mass is 32.2. The van der Waals surface area contributed by atoms with Gasteiger partial charge in [0.05, 0.1) is 6.61 Å². The van der Waals surface area contributed by atoms with E-state index < -0.39 is 35.9 Å². The zero-order valence-electron chi connectivity index (χ0n) is 15.0. The summed E-state index contributed by atoms with van der Waals surface area (Å²) in [5, 5.41) is 1.26. The number of esters is 1. The summed E-state index contributed by atoms with van der Waals surface area (Å²) in [6, 6.07) is -1.76. The first-order chi connectivity index (χ1) is 12.2. The van der Waals surface area contributed by atoms with Crippen molar-refractivity contribution in [3.63, 3.8) is 0 Å². The molecule has 0 aromatic heterocycles. The summed E-state index contributed by atoms with van der Waals surface area (Å²) in [5.41, 5.74) is 0. The van der Waals surface area contributed by atoms with Crippen molar-refractivity contribution in [2.75, 3.05) is 18.6 Å². The molecule has 12 heteroatoms. The maximum absolute atomic E-state index is 13.4. The lowest BCUT2D eigenvalue weighted by Gasteiger charge is -2.28. The second-order valence-corrected chi connectivity index (χ2v) is 7.14. The summed E-state index contributed by atoms with van der Waals surface area (Å²) in [5.74, 6) is -16.3. The van der Waals surface area contributed by atoms with Crippen molar-refractivity contribution in [3.05, 3.63) is 0 Å². The molecule has 4 nitrogen and oxygen atoms in total. The smallest absolute Gasteiger partial charge is 0.460 e. The number of carbonyl (C=O) groups is 2. The lowest BCUT2D eigenvalue weighted by molar-refractivity contribution is -0.344. The standard InChI is InChI=1S/C15H22F7NO3S/c1-9(2)5-4-7-26-11(24)10(6-8-27-3)23-12(25)13(16,17)14(18,19)15(20,21)22/h9-10H,4-8H2,1-3H3,(H,23,25). The molecule has 1 atom stereocenters. The van der Waals surface area contributed by atoms with Crippen molar-refractivity contribution in [2.45, 2.75) is 57.2 Å². The number of hydrogen-bond donors (Lipinski definition) is 1. The number of alkyl halides is 7. The van der Waals surface area contributed by atoms with Crippen molar-refractivity contribution in [2.24, 2.45) is 5.92 Å². The van der Waals surface area contributed by atoms with Crippen LogP contribution < -0.4 is 5.32 Å². The molecule has 0 bridgehead atoms. The predicted molar refractivity (Wildman–Crippen MR) is 85.9 cm³/mol. The van der Waals surface area contributed by atoms with Gasteiger partial charge in [-0.15, -0.1) is 0 Å². The molecule has 0 saturated heterocycles. The largest absolute Gasteiger partial charge is 0.464 e. The fourth-order valence-corrected chi connectivity index (χ4v) is 2.29. The van der Waals surface area contributed by atoms with Crippen molar-refractivity contribution in [1.82, 2.24) is 5.32 Å². The molecular weight excluding hydrogens is 407 g/mol. The highest BCUT2D eigenvalue weighted by Gasteiger charge is 2.76. The number of thioether (sulfide) groups is 1. The first kappa shape index (κ1) is 25.8. The van der Waals surface area contributed by atoms with Gasteiger partial charge in [0, 0.05) is 0 Å². The molecule has 27 heavy (non-hydrogen) atoms. The van der Waals surface area contributed by atoms with Gasteiger partial charge in [-0.1, -0.05) is 13.8 Å². The van der Waals surface area contributed by atoms with E-state index in [1.54, 1.807) is 6.26 Å². The summed E-state index contributed by atoms with van der Waals surface area (Å²) in [6.07, 6.45) is -4.21. The minimum Gasteiger partial charge on any atom is -0.464 e. The van der Waals surface area contributed by atoms with Gasteiger partial charge in [0.2, 0.25) is 0 Å². The summed E-state index contributed by atoms with van der Waals surface area (Å²) in [4.78, 5) is 23.3. The Kier molecular flexibility index (Phi) is 9.91. The Morgan fingerprint density at radius 2 is 1.59 bits per heavy atom. The van der Waals surface area contributed by atoms with E-state index in [4.69, 9.17) is 4.74 Å². The minimum absolute atomic E-state index is 0.0994. The van der Waals surface area contributed by atoms with E-state index in [0.29, 0.717) is 18.8 Å². The van der Waals surface area contributed by atoms with Gasteiger partial charge in [-0.05, 0) is 37.2 Å². The van der Waals surface area contributed by atoms with E-state index >= 15 is 0 Å². The predicted octanol–water partition coefficient (Wildman–Crippen LogP) is 4.04. The number of halogens is 7. The molecular formula is C15H22F7NO3S. The van der Waals surface area contributed by atoms with Crippen LogP contribution in [0.1, 0.15) is 33.1 Å². The number of rotatable bonds is 11. The first-order valence-corrected chi connectivity index (χ1v) is 9.36. The van der Waals surface area contributed by atoms with Crippen LogP contribution in [0.3, 0.4) is 0 Å². The van der Waals surface area contributed by atoms with E-state index in [1.807, 2.05) is 13.8 Å². The summed E-state index contributed by atoms with van der Waals surface area (Å²) in [7, 11) is 0. The van der Waals surface area contributed by atoms with Crippen LogP contribution >= 0.6 is 11.8 Å². The highest BCUT2D eigenvalue weighted by Crippen LogP contribution is 2.46. The fourth-order valence-electron chi connectivity index (χ4n) is 1.82. The number of amides is 1. The molecule has 0 heterocycles. The third-order valence-corrected chi connectivity index (χ3v) is 4.05. The van der Waals surface area contributed by atoms with Crippen molar-refractivity contribution in [3.8, 4) is 0 Å². The normalized spacial score (nSPS) is 14.2. The Morgan fingerprint density at radius 1 is 1.04 bits per heavy atom.